The first-order valence-electron chi connectivity index (χ1n) is 9.46. The fourth-order valence-corrected chi connectivity index (χ4v) is 3.47. The van der Waals surface area contributed by atoms with E-state index in [4.69, 9.17) is 4.42 Å². The zero-order valence-electron chi connectivity index (χ0n) is 17.2. The molecule has 0 bridgehead atoms. The number of carbonyl (C=O) groups excluding carboxylic acids is 2. The summed E-state index contributed by atoms with van der Waals surface area (Å²) in [7, 11) is 0. The molecule has 0 spiro atoms. The van der Waals surface area contributed by atoms with E-state index in [-0.39, 0.29) is 24.0 Å². The molecule has 0 fully saturated rings. The van der Waals surface area contributed by atoms with Crippen molar-refractivity contribution >= 4 is 40.7 Å². The van der Waals surface area contributed by atoms with Gasteiger partial charge in [-0.25, -0.2) is 9.50 Å². The number of nitrogens with zero attached hydrogens (tertiary/aromatic N) is 4. The largest absolute Gasteiger partial charge is 0.459 e. The first-order valence-corrected chi connectivity index (χ1v) is 10.7. The molecule has 2 amide bonds. The van der Waals surface area contributed by atoms with Gasteiger partial charge in [-0.2, -0.15) is 4.98 Å². The minimum atomic E-state index is -0.339. The number of fused-ring (bicyclic) bond motifs is 1. The van der Waals surface area contributed by atoms with Crippen molar-refractivity contribution in [3.8, 4) is 0 Å². The minimum absolute atomic E-state index is 0.159. The minimum Gasteiger partial charge on any atom is -0.459 e. The number of hydrogen-bond acceptors (Lipinski definition) is 7. The van der Waals surface area contributed by atoms with Gasteiger partial charge in [0.15, 0.2) is 5.76 Å². The van der Waals surface area contributed by atoms with Gasteiger partial charge in [0.2, 0.25) is 11.1 Å². The van der Waals surface area contributed by atoms with E-state index in [0.717, 1.165) is 17.0 Å². The third-order valence-electron chi connectivity index (χ3n) is 4.72. The first-order chi connectivity index (χ1) is 14.9. The molecule has 9 nitrogen and oxygen atoms in total. The van der Waals surface area contributed by atoms with Gasteiger partial charge in [-0.05, 0) is 56.5 Å². The van der Waals surface area contributed by atoms with Gasteiger partial charge in [-0.3, -0.25) is 9.59 Å². The molecule has 10 heteroatoms. The molecule has 0 radical (unpaired) electrons. The molecule has 0 saturated carbocycles. The van der Waals surface area contributed by atoms with Crippen LogP contribution < -0.4 is 10.6 Å². The van der Waals surface area contributed by atoms with Gasteiger partial charge in [-0.1, -0.05) is 11.8 Å². The first kappa shape index (κ1) is 20.6. The molecule has 0 unspecified atom stereocenters. The third kappa shape index (κ3) is 4.43. The normalized spacial score (nSPS) is 10.9. The number of benzene rings is 1. The van der Waals surface area contributed by atoms with Gasteiger partial charge in [0.1, 0.15) is 0 Å². The van der Waals surface area contributed by atoms with Crippen LogP contribution in [0.15, 0.2) is 52.2 Å². The Bertz CT molecular complexity index is 1250. The topological polar surface area (TPSA) is 114 Å². The summed E-state index contributed by atoms with van der Waals surface area (Å²) in [5.74, 6) is 0.236. The summed E-state index contributed by atoms with van der Waals surface area (Å²) >= 11 is 1.44. The Morgan fingerprint density at radius 3 is 2.42 bits per heavy atom. The van der Waals surface area contributed by atoms with Crippen molar-refractivity contribution in [2.45, 2.75) is 25.4 Å². The van der Waals surface area contributed by atoms with E-state index in [1.165, 1.54) is 18.0 Å². The molecule has 0 aliphatic carbocycles. The predicted octanol–water partition coefficient (Wildman–Crippen LogP) is 3.49. The molecule has 1 aromatic carbocycles. The van der Waals surface area contributed by atoms with Crippen LogP contribution in [0.25, 0.3) is 5.78 Å². The number of aromatic nitrogens is 4. The fraction of sp³-hybridized carbons (Fsp3) is 0.190. The van der Waals surface area contributed by atoms with Crippen molar-refractivity contribution < 1.29 is 14.0 Å². The van der Waals surface area contributed by atoms with E-state index in [1.807, 2.05) is 20.1 Å². The highest BCUT2D eigenvalue weighted by atomic mass is 32.2. The van der Waals surface area contributed by atoms with Crippen LogP contribution in [0.3, 0.4) is 0 Å². The van der Waals surface area contributed by atoms with E-state index in [1.54, 1.807) is 40.9 Å². The number of amides is 2. The summed E-state index contributed by atoms with van der Waals surface area (Å²) in [5.41, 5.74) is 3.61. The van der Waals surface area contributed by atoms with Crippen LogP contribution in [-0.2, 0) is 11.2 Å². The SMILES string of the molecule is CSc1nc2nc(C)c(CC(=O)Nc3ccc(NC(=O)c4ccco4)cc3)c(C)n2n1. The van der Waals surface area contributed by atoms with Gasteiger partial charge >= 0.3 is 0 Å². The number of carbonyl (C=O) groups is 2. The molecule has 3 heterocycles. The number of aryl methyl sites for hydroxylation is 2. The lowest BCUT2D eigenvalue weighted by Crippen LogP contribution is -2.18. The van der Waals surface area contributed by atoms with Crippen LogP contribution >= 0.6 is 11.8 Å². The van der Waals surface area contributed by atoms with Crippen molar-refractivity contribution in [2.24, 2.45) is 0 Å². The molecular weight excluding hydrogens is 416 g/mol. The molecule has 4 aromatic rings. The van der Waals surface area contributed by atoms with Crippen LogP contribution in [0, 0.1) is 13.8 Å². The van der Waals surface area contributed by atoms with Gasteiger partial charge in [0.05, 0.1) is 12.7 Å². The second kappa shape index (κ2) is 8.60. The highest BCUT2D eigenvalue weighted by Gasteiger charge is 2.16. The molecule has 3 aromatic heterocycles. The predicted molar refractivity (Wildman–Crippen MR) is 117 cm³/mol. The van der Waals surface area contributed by atoms with Crippen molar-refractivity contribution in [3.05, 3.63) is 65.4 Å². The fourth-order valence-electron chi connectivity index (χ4n) is 3.14. The average molecular weight is 436 g/mol. The molecule has 0 atom stereocenters. The Morgan fingerprint density at radius 1 is 1.06 bits per heavy atom. The van der Waals surface area contributed by atoms with Crippen molar-refractivity contribution in [3.63, 3.8) is 0 Å². The number of thioether (sulfide) groups is 1. The van der Waals surface area contributed by atoms with Crippen LogP contribution in [0.5, 0.6) is 0 Å². The number of nitrogens with one attached hydrogen (secondary N) is 2. The van der Waals surface area contributed by atoms with Gasteiger partial charge in [-0.15, -0.1) is 5.10 Å². The van der Waals surface area contributed by atoms with Crippen LogP contribution in [0.2, 0.25) is 0 Å². The summed E-state index contributed by atoms with van der Waals surface area (Å²) in [6.45, 7) is 3.76. The van der Waals surface area contributed by atoms with Gasteiger partial charge in [0.25, 0.3) is 11.7 Å². The Hall–Kier alpha value is -3.66. The van der Waals surface area contributed by atoms with Crippen LogP contribution in [0.1, 0.15) is 27.5 Å². The van der Waals surface area contributed by atoms with E-state index in [0.29, 0.717) is 22.3 Å². The summed E-state index contributed by atoms with van der Waals surface area (Å²) in [5, 5.41) is 10.6. The maximum atomic E-state index is 12.6. The molecule has 31 heavy (non-hydrogen) atoms. The molecule has 158 valence electrons. The number of hydrogen-bond donors (Lipinski definition) is 2. The number of rotatable bonds is 6. The molecule has 0 aliphatic rings. The zero-order chi connectivity index (χ0) is 22.0. The molecular formula is C21H20N6O3S. The number of anilines is 2. The summed E-state index contributed by atoms with van der Waals surface area (Å²) in [4.78, 5) is 33.5. The molecule has 0 aliphatic heterocycles. The highest BCUT2D eigenvalue weighted by Crippen LogP contribution is 2.19. The Kier molecular flexibility index (Phi) is 5.72. The Labute approximate surface area is 182 Å². The van der Waals surface area contributed by atoms with Crippen molar-refractivity contribution in [1.82, 2.24) is 19.6 Å². The lowest BCUT2D eigenvalue weighted by atomic mass is 10.1. The average Bonchev–Trinajstić information content (AvgIpc) is 3.42. The quantitative estimate of drug-likeness (QED) is 0.445. The third-order valence-corrected chi connectivity index (χ3v) is 5.26. The van der Waals surface area contributed by atoms with Gasteiger partial charge < -0.3 is 15.1 Å². The second-order valence-electron chi connectivity index (χ2n) is 6.81. The second-order valence-corrected chi connectivity index (χ2v) is 7.58. The summed E-state index contributed by atoms with van der Waals surface area (Å²) < 4.78 is 6.73. The summed E-state index contributed by atoms with van der Waals surface area (Å²) in [6, 6.07) is 10.1. The zero-order valence-corrected chi connectivity index (χ0v) is 18.0. The lowest BCUT2D eigenvalue weighted by Gasteiger charge is -2.11. The Balaban J connectivity index is 1.43. The van der Waals surface area contributed by atoms with Crippen LogP contribution in [0.4, 0.5) is 11.4 Å². The van der Waals surface area contributed by atoms with E-state index >= 15 is 0 Å². The van der Waals surface area contributed by atoms with E-state index in [2.05, 4.69) is 25.7 Å². The standard InChI is InChI=1S/C21H20N6O3S/c1-12-16(13(2)27-20(22-12)25-21(26-27)31-3)11-18(28)23-14-6-8-15(9-7-14)24-19(29)17-5-4-10-30-17/h4-10H,11H2,1-3H3,(H,23,28)(H,24,29). The monoisotopic (exact) mass is 436 g/mol. The van der Waals surface area contributed by atoms with Crippen molar-refractivity contribution in [1.29, 1.82) is 0 Å². The van der Waals surface area contributed by atoms with E-state index in [9.17, 15) is 9.59 Å². The summed E-state index contributed by atoms with van der Waals surface area (Å²) in [6.07, 6.45) is 3.50. The maximum absolute atomic E-state index is 12.6. The van der Waals surface area contributed by atoms with E-state index < -0.39 is 0 Å². The molecule has 2 N–H and O–H groups in total. The number of furan rings is 1. The van der Waals surface area contributed by atoms with Crippen LogP contribution in [-0.4, -0.2) is 37.7 Å². The molecule has 4 rings (SSSR count). The van der Waals surface area contributed by atoms with Crippen molar-refractivity contribution in [2.75, 3.05) is 16.9 Å². The molecule has 0 saturated heterocycles. The van der Waals surface area contributed by atoms with Gasteiger partial charge in [0, 0.05) is 28.3 Å². The maximum Gasteiger partial charge on any atom is 0.291 e. The smallest absolute Gasteiger partial charge is 0.291 e. The Morgan fingerprint density at radius 2 is 1.77 bits per heavy atom. The highest BCUT2D eigenvalue weighted by molar-refractivity contribution is 7.98. The lowest BCUT2D eigenvalue weighted by molar-refractivity contribution is -0.115.